The number of anilines is 1. The van der Waals surface area contributed by atoms with Crippen molar-refractivity contribution in [3.8, 4) is 0 Å². The average Bonchev–Trinajstić information content (AvgIpc) is 3.14. The summed E-state index contributed by atoms with van der Waals surface area (Å²) in [7, 11) is 0. The van der Waals surface area contributed by atoms with Crippen LogP contribution >= 0.6 is 11.8 Å². The van der Waals surface area contributed by atoms with Crippen molar-refractivity contribution in [2.75, 3.05) is 18.0 Å². The van der Waals surface area contributed by atoms with Crippen LogP contribution in [0.15, 0.2) is 29.7 Å². The number of carbonyl (C=O) groups excluding carboxylic acids is 2. The Balaban J connectivity index is 1.70. The van der Waals surface area contributed by atoms with Gasteiger partial charge in [0.25, 0.3) is 0 Å². The first kappa shape index (κ1) is 15.9. The SMILES string of the molecule is CC(=O)NCC1CN(c2ccc([C@@H]3CC=CS3)c(F)c2)C(=O)O1. The quantitative estimate of drug-likeness (QED) is 0.918. The van der Waals surface area contributed by atoms with Crippen LogP contribution < -0.4 is 10.2 Å². The molecule has 2 amide bonds. The molecule has 3 rings (SSSR count). The summed E-state index contributed by atoms with van der Waals surface area (Å²) in [6.07, 6.45) is 1.88. The molecule has 23 heavy (non-hydrogen) atoms. The number of halogens is 1. The number of amides is 2. The van der Waals surface area contributed by atoms with Crippen LogP contribution in [-0.4, -0.2) is 31.2 Å². The summed E-state index contributed by atoms with van der Waals surface area (Å²) in [5.74, 6) is -0.501. The molecule has 0 aliphatic carbocycles. The van der Waals surface area contributed by atoms with Crippen molar-refractivity contribution in [2.45, 2.75) is 24.7 Å². The largest absolute Gasteiger partial charge is 0.442 e. The summed E-state index contributed by atoms with van der Waals surface area (Å²) >= 11 is 1.59. The molecule has 1 saturated heterocycles. The van der Waals surface area contributed by atoms with Gasteiger partial charge in [0.1, 0.15) is 11.9 Å². The molecule has 5 nitrogen and oxygen atoms in total. The molecule has 7 heteroatoms. The molecule has 1 N–H and O–H groups in total. The van der Waals surface area contributed by atoms with Gasteiger partial charge in [0.2, 0.25) is 5.91 Å². The normalized spacial score (nSPS) is 23.2. The van der Waals surface area contributed by atoms with Crippen molar-refractivity contribution in [3.05, 3.63) is 41.1 Å². The molecule has 0 bridgehead atoms. The lowest BCUT2D eigenvalue weighted by atomic mass is 10.1. The van der Waals surface area contributed by atoms with Crippen LogP contribution in [0.2, 0.25) is 0 Å². The van der Waals surface area contributed by atoms with Gasteiger partial charge >= 0.3 is 6.09 Å². The highest BCUT2D eigenvalue weighted by Gasteiger charge is 2.33. The van der Waals surface area contributed by atoms with Crippen LogP contribution in [0.5, 0.6) is 0 Å². The summed E-state index contributed by atoms with van der Waals surface area (Å²) in [6.45, 7) is 1.94. The highest BCUT2D eigenvalue weighted by molar-refractivity contribution is 8.02. The van der Waals surface area contributed by atoms with Gasteiger partial charge < -0.3 is 10.1 Å². The second-order valence-corrected chi connectivity index (χ2v) is 6.60. The van der Waals surface area contributed by atoms with E-state index >= 15 is 0 Å². The molecule has 2 heterocycles. The topological polar surface area (TPSA) is 58.6 Å². The number of allylic oxidation sites excluding steroid dienone is 1. The molecule has 1 fully saturated rings. The van der Waals surface area contributed by atoms with Crippen LogP contribution in [0.1, 0.15) is 24.2 Å². The summed E-state index contributed by atoms with van der Waals surface area (Å²) in [5.41, 5.74) is 1.11. The minimum Gasteiger partial charge on any atom is -0.442 e. The van der Waals surface area contributed by atoms with Crippen LogP contribution in [-0.2, 0) is 9.53 Å². The molecule has 1 aromatic carbocycles. The molecule has 0 aromatic heterocycles. The number of nitrogens with one attached hydrogen (secondary N) is 1. The molecule has 0 saturated carbocycles. The van der Waals surface area contributed by atoms with E-state index in [9.17, 15) is 14.0 Å². The fourth-order valence-corrected chi connectivity index (χ4v) is 3.60. The zero-order valence-electron chi connectivity index (χ0n) is 12.6. The smallest absolute Gasteiger partial charge is 0.414 e. The highest BCUT2D eigenvalue weighted by atomic mass is 32.2. The second kappa shape index (κ2) is 6.62. The lowest BCUT2D eigenvalue weighted by Gasteiger charge is -2.16. The monoisotopic (exact) mass is 336 g/mol. The van der Waals surface area contributed by atoms with Gasteiger partial charge in [-0.1, -0.05) is 12.1 Å². The second-order valence-electron chi connectivity index (χ2n) is 5.49. The number of rotatable bonds is 4. The molecule has 2 aliphatic rings. The molecule has 1 unspecified atom stereocenters. The average molecular weight is 336 g/mol. The van der Waals surface area contributed by atoms with E-state index in [-0.39, 0.29) is 30.1 Å². The number of cyclic esters (lactones) is 1. The van der Waals surface area contributed by atoms with Crippen molar-refractivity contribution in [1.29, 1.82) is 0 Å². The Labute approximate surface area is 137 Å². The van der Waals surface area contributed by atoms with E-state index in [4.69, 9.17) is 4.74 Å². The van der Waals surface area contributed by atoms with Crippen molar-refractivity contribution < 1.29 is 18.7 Å². The van der Waals surface area contributed by atoms with Crippen molar-refractivity contribution in [3.63, 3.8) is 0 Å². The number of hydrogen-bond acceptors (Lipinski definition) is 4. The third-order valence-corrected chi connectivity index (χ3v) is 4.91. The zero-order chi connectivity index (χ0) is 16.4. The Hall–Kier alpha value is -2.02. The Morgan fingerprint density at radius 2 is 2.35 bits per heavy atom. The minimum absolute atomic E-state index is 0.0992. The lowest BCUT2D eigenvalue weighted by molar-refractivity contribution is -0.119. The molecule has 2 atom stereocenters. The summed E-state index contributed by atoms with van der Waals surface area (Å²) in [5, 5.41) is 4.68. The standard InChI is InChI=1S/C16H17FN2O3S/c1-10(20)18-8-12-9-19(16(21)22-12)11-4-5-13(14(17)7-11)15-3-2-6-23-15/h2,4-7,12,15H,3,8-9H2,1H3,(H,18,20)/t12?,15-/m0/s1. The van der Waals surface area contributed by atoms with Gasteiger partial charge in [0.05, 0.1) is 18.8 Å². The lowest BCUT2D eigenvalue weighted by Crippen LogP contribution is -2.33. The maximum Gasteiger partial charge on any atom is 0.414 e. The number of carbonyl (C=O) groups is 2. The van der Waals surface area contributed by atoms with E-state index in [1.54, 1.807) is 23.9 Å². The third-order valence-electron chi connectivity index (χ3n) is 3.78. The van der Waals surface area contributed by atoms with Gasteiger partial charge in [-0.25, -0.2) is 9.18 Å². The number of nitrogens with zero attached hydrogens (tertiary/aromatic N) is 1. The fourth-order valence-electron chi connectivity index (χ4n) is 2.63. The van der Waals surface area contributed by atoms with Gasteiger partial charge in [0, 0.05) is 17.7 Å². The summed E-state index contributed by atoms with van der Waals surface area (Å²) in [4.78, 5) is 24.2. The molecule has 0 spiro atoms. The predicted octanol–water partition coefficient (Wildman–Crippen LogP) is 2.98. The Morgan fingerprint density at radius 3 is 3.00 bits per heavy atom. The number of hydrogen-bond donors (Lipinski definition) is 1. The maximum absolute atomic E-state index is 14.4. The number of ether oxygens (including phenoxy) is 1. The summed E-state index contributed by atoms with van der Waals surface area (Å²) < 4.78 is 19.5. The van der Waals surface area contributed by atoms with Gasteiger partial charge in [-0.05, 0) is 24.0 Å². The minimum atomic E-state index is -0.524. The fraction of sp³-hybridized carbons (Fsp3) is 0.375. The molecule has 2 aliphatic heterocycles. The van der Waals surface area contributed by atoms with Crippen LogP contribution in [0.4, 0.5) is 14.9 Å². The first-order valence-electron chi connectivity index (χ1n) is 7.37. The molecular weight excluding hydrogens is 319 g/mol. The van der Waals surface area contributed by atoms with E-state index in [0.29, 0.717) is 11.3 Å². The molecule has 1 aromatic rings. The zero-order valence-corrected chi connectivity index (χ0v) is 13.4. The van der Waals surface area contributed by atoms with Crippen LogP contribution in [0.25, 0.3) is 0 Å². The van der Waals surface area contributed by atoms with Gasteiger partial charge in [-0.2, -0.15) is 0 Å². The Kier molecular flexibility index (Phi) is 4.56. The Morgan fingerprint density at radius 1 is 1.52 bits per heavy atom. The van der Waals surface area contributed by atoms with Gasteiger partial charge in [-0.3, -0.25) is 9.69 Å². The van der Waals surface area contributed by atoms with E-state index in [0.717, 1.165) is 6.42 Å². The van der Waals surface area contributed by atoms with Crippen molar-refractivity contribution >= 4 is 29.4 Å². The van der Waals surface area contributed by atoms with Crippen molar-refractivity contribution in [1.82, 2.24) is 5.32 Å². The van der Waals surface area contributed by atoms with E-state index in [1.807, 2.05) is 11.5 Å². The van der Waals surface area contributed by atoms with E-state index < -0.39 is 12.2 Å². The molecule has 122 valence electrons. The van der Waals surface area contributed by atoms with Crippen LogP contribution in [0, 0.1) is 5.82 Å². The first-order valence-corrected chi connectivity index (χ1v) is 8.31. The summed E-state index contributed by atoms with van der Waals surface area (Å²) in [6, 6.07) is 4.83. The van der Waals surface area contributed by atoms with Crippen LogP contribution in [0.3, 0.4) is 0 Å². The van der Waals surface area contributed by atoms with Gasteiger partial charge in [-0.15, -0.1) is 11.8 Å². The van der Waals surface area contributed by atoms with Gasteiger partial charge in [0.15, 0.2) is 0 Å². The predicted molar refractivity (Wildman–Crippen MR) is 86.8 cm³/mol. The highest BCUT2D eigenvalue weighted by Crippen LogP contribution is 2.40. The van der Waals surface area contributed by atoms with E-state index in [2.05, 4.69) is 5.32 Å². The molecule has 0 radical (unpaired) electrons. The third kappa shape index (κ3) is 3.50. The molecular formula is C16H17FN2O3S. The number of thioether (sulfide) groups is 1. The Bertz CT molecular complexity index is 657. The maximum atomic E-state index is 14.4. The number of benzene rings is 1. The van der Waals surface area contributed by atoms with Crippen molar-refractivity contribution in [2.24, 2.45) is 0 Å². The van der Waals surface area contributed by atoms with E-state index in [1.165, 1.54) is 17.9 Å². The first-order chi connectivity index (χ1) is 11.0.